The minimum Gasteiger partial charge on any atom is -0.494 e. The van der Waals surface area contributed by atoms with E-state index >= 15 is 0 Å². The quantitative estimate of drug-likeness (QED) is 0.733. The summed E-state index contributed by atoms with van der Waals surface area (Å²) in [4.78, 5) is 16.6. The van der Waals surface area contributed by atoms with Crippen molar-refractivity contribution in [1.82, 2.24) is 4.57 Å². The van der Waals surface area contributed by atoms with Crippen molar-refractivity contribution in [3.05, 3.63) is 70.5 Å². The fraction of sp³-hybridized carbons (Fsp3) is 0.0588. The molecule has 1 aromatic heterocycles. The summed E-state index contributed by atoms with van der Waals surface area (Å²) in [6, 6.07) is 16.3. The predicted octanol–water partition coefficient (Wildman–Crippen LogP) is 2.75. The van der Waals surface area contributed by atoms with E-state index in [4.69, 9.17) is 0 Å². The van der Waals surface area contributed by atoms with Gasteiger partial charge in [0.1, 0.15) is 0 Å². The van der Waals surface area contributed by atoms with Gasteiger partial charge < -0.3 is 5.11 Å². The van der Waals surface area contributed by atoms with Crippen molar-refractivity contribution in [2.75, 3.05) is 7.05 Å². The lowest BCUT2D eigenvalue weighted by Crippen LogP contribution is -2.20. The third-order valence-electron chi connectivity index (χ3n) is 3.38. The second-order valence-electron chi connectivity index (χ2n) is 4.65. The Kier molecular flexibility index (Phi) is 3.28. The van der Waals surface area contributed by atoms with Crippen LogP contribution in [0.25, 0.3) is 16.5 Å². The number of para-hydroxylation sites is 1. The second-order valence-corrected chi connectivity index (χ2v) is 4.65. The van der Waals surface area contributed by atoms with Gasteiger partial charge in [0.15, 0.2) is 0 Å². The third-order valence-corrected chi connectivity index (χ3v) is 3.38. The molecule has 3 aromatic rings. The SMILES string of the molecule is CN=Cc1c(O)n(-c2ccccc2)c(=O)c2ccccc12. The Morgan fingerprint density at radius 2 is 1.62 bits per heavy atom. The summed E-state index contributed by atoms with van der Waals surface area (Å²) in [5.41, 5.74) is 0.913. The van der Waals surface area contributed by atoms with E-state index < -0.39 is 0 Å². The van der Waals surface area contributed by atoms with E-state index in [0.29, 0.717) is 22.0 Å². The van der Waals surface area contributed by atoms with Gasteiger partial charge in [-0.3, -0.25) is 9.79 Å². The molecule has 4 heteroatoms. The lowest BCUT2D eigenvalue weighted by molar-refractivity contribution is 0.436. The number of hydrogen-bond acceptors (Lipinski definition) is 3. The van der Waals surface area contributed by atoms with E-state index in [1.165, 1.54) is 4.57 Å². The standard InChI is InChI=1S/C17H14N2O2/c1-18-11-15-13-9-5-6-10-14(13)16(20)19(17(15)21)12-7-3-2-4-8-12/h2-11,21H,1H3. The first-order valence-corrected chi connectivity index (χ1v) is 6.58. The van der Waals surface area contributed by atoms with Gasteiger partial charge in [-0.15, -0.1) is 0 Å². The number of aromatic nitrogens is 1. The fourth-order valence-electron chi connectivity index (χ4n) is 2.43. The van der Waals surface area contributed by atoms with Crippen molar-refractivity contribution in [2.45, 2.75) is 0 Å². The van der Waals surface area contributed by atoms with Crippen LogP contribution in [0.5, 0.6) is 5.88 Å². The molecular formula is C17H14N2O2. The molecule has 0 fully saturated rings. The number of pyridine rings is 1. The zero-order valence-electron chi connectivity index (χ0n) is 11.5. The second kappa shape index (κ2) is 5.25. The summed E-state index contributed by atoms with van der Waals surface area (Å²) in [6.45, 7) is 0. The summed E-state index contributed by atoms with van der Waals surface area (Å²) < 4.78 is 1.30. The fourth-order valence-corrected chi connectivity index (χ4v) is 2.43. The van der Waals surface area contributed by atoms with Gasteiger partial charge in [0.2, 0.25) is 5.88 Å². The molecule has 0 amide bonds. The van der Waals surface area contributed by atoms with Crippen molar-refractivity contribution >= 4 is 17.0 Å². The van der Waals surface area contributed by atoms with Gasteiger partial charge in [-0.25, -0.2) is 4.57 Å². The van der Waals surface area contributed by atoms with Gasteiger partial charge in [0, 0.05) is 24.0 Å². The molecule has 1 heterocycles. The van der Waals surface area contributed by atoms with Crippen molar-refractivity contribution in [2.24, 2.45) is 4.99 Å². The highest BCUT2D eigenvalue weighted by atomic mass is 16.3. The smallest absolute Gasteiger partial charge is 0.265 e. The molecular weight excluding hydrogens is 264 g/mol. The maximum Gasteiger partial charge on any atom is 0.265 e. The number of benzene rings is 2. The van der Waals surface area contributed by atoms with Gasteiger partial charge in [0.25, 0.3) is 5.56 Å². The van der Waals surface area contributed by atoms with Crippen LogP contribution < -0.4 is 5.56 Å². The summed E-state index contributed by atoms with van der Waals surface area (Å²) >= 11 is 0. The Morgan fingerprint density at radius 1 is 1.00 bits per heavy atom. The molecule has 0 aliphatic heterocycles. The Bertz CT molecular complexity index is 880. The maximum atomic E-state index is 12.7. The highest BCUT2D eigenvalue weighted by Gasteiger charge is 2.15. The normalized spacial score (nSPS) is 11.3. The summed E-state index contributed by atoms with van der Waals surface area (Å²) in [5, 5.41) is 11.8. The molecule has 0 saturated heterocycles. The number of hydrogen-bond donors (Lipinski definition) is 1. The first-order chi connectivity index (χ1) is 10.2. The number of fused-ring (bicyclic) bond motifs is 1. The average Bonchev–Trinajstić information content (AvgIpc) is 2.53. The van der Waals surface area contributed by atoms with E-state index in [1.807, 2.05) is 36.4 Å². The van der Waals surface area contributed by atoms with Gasteiger partial charge >= 0.3 is 0 Å². The predicted molar refractivity (Wildman–Crippen MR) is 84.7 cm³/mol. The molecule has 1 N–H and O–H groups in total. The van der Waals surface area contributed by atoms with Crippen LogP contribution in [-0.4, -0.2) is 22.9 Å². The zero-order valence-corrected chi connectivity index (χ0v) is 11.5. The van der Waals surface area contributed by atoms with Crippen LogP contribution in [-0.2, 0) is 0 Å². The van der Waals surface area contributed by atoms with E-state index in [9.17, 15) is 9.90 Å². The van der Waals surface area contributed by atoms with E-state index in [1.54, 1.807) is 31.5 Å². The zero-order chi connectivity index (χ0) is 14.8. The minimum atomic E-state index is -0.248. The largest absolute Gasteiger partial charge is 0.494 e. The summed E-state index contributed by atoms with van der Waals surface area (Å²) in [7, 11) is 1.63. The Labute approximate surface area is 121 Å². The molecule has 2 aromatic carbocycles. The highest BCUT2D eigenvalue weighted by Crippen LogP contribution is 2.25. The molecule has 0 aliphatic carbocycles. The lowest BCUT2D eigenvalue weighted by Gasteiger charge is -2.13. The molecule has 0 spiro atoms. The number of rotatable bonds is 2. The Balaban J connectivity index is 2.49. The van der Waals surface area contributed by atoms with Gasteiger partial charge in [0.05, 0.1) is 11.3 Å². The van der Waals surface area contributed by atoms with Crippen LogP contribution in [0, 0.1) is 0 Å². The first-order valence-electron chi connectivity index (χ1n) is 6.58. The van der Waals surface area contributed by atoms with Crippen LogP contribution in [0.2, 0.25) is 0 Å². The molecule has 104 valence electrons. The lowest BCUT2D eigenvalue weighted by atomic mass is 10.1. The van der Waals surface area contributed by atoms with Gasteiger partial charge in [-0.1, -0.05) is 36.4 Å². The molecule has 0 radical (unpaired) electrons. The number of aromatic hydroxyl groups is 1. The van der Waals surface area contributed by atoms with E-state index in [-0.39, 0.29) is 11.4 Å². The summed E-state index contributed by atoms with van der Waals surface area (Å²) in [6.07, 6.45) is 1.57. The van der Waals surface area contributed by atoms with Crippen molar-refractivity contribution in [1.29, 1.82) is 0 Å². The molecule has 0 atom stereocenters. The Morgan fingerprint density at radius 3 is 2.29 bits per heavy atom. The van der Waals surface area contributed by atoms with Crippen LogP contribution in [0.15, 0.2) is 64.4 Å². The number of aliphatic imine (C=N–C) groups is 1. The molecule has 0 aliphatic rings. The molecule has 3 rings (SSSR count). The highest BCUT2D eigenvalue weighted by molar-refractivity contribution is 6.01. The van der Waals surface area contributed by atoms with Crippen LogP contribution in [0.1, 0.15) is 5.56 Å². The van der Waals surface area contributed by atoms with Crippen LogP contribution in [0.3, 0.4) is 0 Å². The molecule has 0 bridgehead atoms. The van der Waals surface area contributed by atoms with Gasteiger partial charge in [-0.2, -0.15) is 0 Å². The van der Waals surface area contributed by atoms with E-state index in [0.717, 1.165) is 0 Å². The average molecular weight is 278 g/mol. The van der Waals surface area contributed by atoms with Crippen molar-refractivity contribution < 1.29 is 5.11 Å². The summed E-state index contributed by atoms with van der Waals surface area (Å²) in [5.74, 6) is -0.101. The molecule has 21 heavy (non-hydrogen) atoms. The topological polar surface area (TPSA) is 54.6 Å². The van der Waals surface area contributed by atoms with Crippen LogP contribution in [0.4, 0.5) is 0 Å². The first kappa shape index (κ1) is 13.1. The van der Waals surface area contributed by atoms with Crippen LogP contribution >= 0.6 is 0 Å². The minimum absolute atomic E-state index is 0.101. The van der Waals surface area contributed by atoms with Gasteiger partial charge in [-0.05, 0) is 18.2 Å². The monoisotopic (exact) mass is 278 g/mol. The molecule has 0 saturated carbocycles. The molecule has 0 unspecified atom stereocenters. The van der Waals surface area contributed by atoms with E-state index in [2.05, 4.69) is 4.99 Å². The maximum absolute atomic E-state index is 12.7. The van der Waals surface area contributed by atoms with Crippen molar-refractivity contribution in [3.8, 4) is 11.6 Å². The number of nitrogens with zero attached hydrogens (tertiary/aromatic N) is 2. The molecule has 4 nitrogen and oxygen atoms in total. The Hall–Kier alpha value is -2.88. The van der Waals surface area contributed by atoms with Crippen molar-refractivity contribution in [3.63, 3.8) is 0 Å². The third kappa shape index (κ3) is 2.10.